The smallest absolute Gasteiger partial charge is 0.243 e. The van der Waals surface area contributed by atoms with Crippen molar-refractivity contribution in [2.75, 3.05) is 70.2 Å². The van der Waals surface area contributed by atoms with Gasteiger partial charge in [0.15, 0.2) is 11.6 Å². The summed E-state index contributed by atoms with van der Waals surface area (Å²) in [4.78, 5) is 40.1. The molecule has 0 radical (unpaired) electrons. The topological polar surface area (TPSA) is 166 Å². The van der Waals surface area contributed by atoms with Crippen molar-refractivity contribution in [1.82, 2.24) is 40.0 Å². The summed E-state index contributed by atoms with van der Waals surface area (Å²) in [5.41, 5.74) is 2.58. The number of hydrogen-bond acceptors (Lipinski definition) is 11. The number of fused-ring (bicyclic) bond motifs is 2. The van der Waals surface area contributed by atoms with Gasteiger partial charge in [0.2, 0.25) is 21.8 Å². The maximum absolute atomic E-state index is 13.4. The van der Waals surface area contributed by atoms with Crippen LogP contribution < -0.4 is 15.5 Å². The number of amides is 2. The van der Waals surface area contributed by atoms with E-state index in [-0.39, 0.29) is 38.0 Å². The highest BCUT2D eigenvalue weighted by Crippen LogP contribution is 2.36. The van der Waals surface area contributed by atoms with Crippen molar-refractivity contribution in [2.45, 2.75) is 12.6 Å². The van der Waals surface area contributed by atoms with Gasteiger partial charge in [0, 0.05) is 68.2 Å². The molecule has 14 nitrogen and oxygen atoms in total. The normalized spacial score (nSPS) is 18.3. The second-order valence-electron chi connectivity index (χ2n) is 10.9. The third kappa shape index (κ3) is 6.84. The minimum absolute atomic E-state index is 0.0340. The van der Waals surface area contributed by atoms with Crippen LogP contribution in [0.3, 0.4) is 0 Å². The van der Waals surface area contributed by atoms with Crippen molar-refractivity contribution in [2.24, 2.45) is 0 Å². The molecule has 2 aliphatic rings. The Hall–Kier alpha value is -3.96. The summed E-state index contributed by atoms with van der Waals surface area (Å²) in [7, 11) is -3.49. The zero-order valence-corrected chi connectivity index (χ0v) is 26.5. The van der Waals surface area contributed by atoms with Crippen LogP contribution in [0.15, 0.2) is 43.1 Å². The predicted molar refractivity (Wildman–Crippen MR) is 172 cm³/mol. The molecule has 0 saturated carbocycles. The fraction of sp³-hybridized carbons (Fsp3) is 0.414. The molecule has 2 aliphatic heterocycles. The van der Waals surface area contributed by atoms with Crippen molar-refractivity contribution in [1.29, 1.82) is 0 Å². The Bertz CT molecular complexity index is 1830. The molecule has 1 unspecified atom stereocenters. The number of morpholine rings is 1. The number of rotatable bonds is 10. The zero-order chi connectivity index (χ0) is 31.6. The number of aromatic amines is 1. The molecule has 1 atom stereocenters. The number of aromatic nitrogens is 4. The molecule has 3 aromatic heterocycles. The van der Waals surface area contributed by atoms with Crippen molar-refractivity contribution >= 4 is 60.1 Å². The first-order valence-electron chi connectivity index (χ1n) is 14.6. The second kappa shape index (κ2) is 13.2. The van der Waals surface area contributed by atoms with E-state index >= 15 is 0 Å². The molecule has 1 aromatic carbocycles. The van der Waals surface area contributed by atoms with E-state index in [0.717, 1.165) is 49.7 Å². The first-order chi connectivity index (χ1) is 21.7. The molecule has 45 heavy (non-hydrogen) atoms. The monoisotopic (exact) mass is 653 g/mol. The SMILES string of the molecule is C=CC(=O)NCCNC(=O)C1CN(S(C)(=O)=O)CCN1Cc1cc2nc(-c3cccc4[nH]ncc34)nc(N3CCOCC3)c2s1. The molecule has 3 N–H and O–H groups in total. The standard InChI is InChI=1S/C29H35N9O5S2/c1-3-25(39)30-7-8-31-29(40)24-18-38(45(2,41)42)10-9-37(24)17-19-15-23-26(44-19)28(36-11-13-43-14-12-36)34-27(33-23)20-5-4-6-22-21(20)16-32-35-22/h3-6,15-16,24H,1,7-14,17-18H2,2H3,(H,30,39)(H,31,40)(H,32,35). The number of thiophene rings is 1. The van der Waals surface area contributed by atoms with E-state index in [1.54, 1.807) is 17.5 Å². The number of hydrogen-bond donors (Lipinski definition) is 3. The summed E-state index contributed by atoms with van der Waals surface area (Å²) in [5, 5.41) is 13.6. The molecule has 0 bridgehead atoms. The van der Waals surface area contributed by atoms with Crippen LogP contribution in [-0.2, 0) is 30.9 Å². The molecule has 2 fully saturated rings. The van der Waals surface area contributed by atoms with Crippen molar-refractivity contribution in [3.05, 3.63) is 48.0 Å². The number of anilines is 1. The number of benzene rings is 1. The fourth-order valence-electron chi connectivity index (χ4n) is 5.61. The van der Waals surface area contributed by atoms with Gasteiger partial charge in [0.25, 0.3) is 0 Å². The summed E-state index contributed by atoms with van der Waals surface area (Å²) in [6.07, 6.45) is 4.09. The largest absolute Gasteiger partial charge is 0.378 e. The van der Waals surface area contributed by atoms with Gasteiger partial charge in [-0.3, -0.25) is 19.6 Å². The summed E-state index contributed by atoms with van der Waals surface area (Å²) in [6, 6.07) is 7.22. The first kappa shape index (κ1) is 31.0. The molecule has 5 heterocycles. The highest BCUT2D eigenvalue weighted by Gasteiger charge is 2.36. The van der Waals surface area contributed by atoms with Gasteiger partial charge in [-0.25, -0.2) is 18.4 Å². The van der Waals surface area contributed by atoms with Crippen LogP contribution in [0.5, 0.6) is 0 Å². The fourth-order valence-corrected chi connectivity index (χ4v) is 7.58. The second-order valence-corrected chi connectivity index (χ2v) is 14.0. The average molecular weight is 654 g/mol. The quantitative estimate of drug-likeness (QED) is 0.166. The molecule has 0 spiro atoms. The average Bonchev–Trinajstić information content (AvgIpc) is 3.69. The van der Waals surface area contributed by atoms with E-state index in [9.17, 15) is 18.0 Å². The Morgan fingerprint density at radius 1 is 1.16 bits per heavy atom. The van der Waals surface area contributed by atoms with Gasteiger partial charge >= 0.3 is 0 Å². The van der Waals surface area contributed by atoms with Crippen LogP contribution in [0.1, 0.15) is 4.88 Å². The molecule has 16 heteroatoms. The van der Waals surface area contributed by atoms with Gasteiger partial charge in [0.1, 0.15) is 6.04 Å². The van der Waals surface area contributed by atoms with E-state index in [0.29, 0.717) is 45.2 Å². The van der Waals surface area contributed by atoms with Gasteiger partial charge in [-0.1, -0.05) is 18.7 Å². The van der Waals surface area contributed by atoms with E-state index in [1.165, 1.54) is 4.31 Å². The Balaban J connectivity index is 1.30. The van der Waals surface area contributed by atoms with Gasteiger partial charge in [0.05, 0.1) is 41.4 Å². The number of ether oxygens (including phenoxy) is 1. The van der Waals surface area contributed by atoms with Crippen molar-refractivity contribution in [3.8, 4) is 11.4 Å². The maximum atomic E-state index is 13.4. The molecular formula is C29H35N9O5S2. The molecule has 6 rings (SSSR count). The number of carbonyl (C=O) groups excluding carboxylic acids is 2. The maximum Gasteiger partial charge on any atom is 0.243 e. The number of nitrogens with zero attached hydrogens (tertiary/aromatic N) is 6. The van der Waals surface area contributed by atoms with Crippen LogP contribution in [0.25, 0.3) is 32.5 Å². The predicted octanol–water partition coefficient (Wildman–Crippen LogP) is 0.935. The Morgan fingerprint density at radius 3 is 2.73 bits per heavy atom. The summed E-state index contributed by atoms with van der Waals surface area (Å²) < 4.78 is 32.7. The molecular weight excluding hydrogens is 619 g/mol. The number of H-pyrrole nitrogens is 1. The van der Waals surface area contributed by atoms with E-state index in [4.69, 9.17) is 14.7 Å². The summed E-state index contributed by atoms with van der Waals surface area (Å²) >= 11 is 1.58. The lowest BCUT2D eigenvalue weighted by Crippen LogP contribution is -2.59. The van der Waals surface area contributed by atoms with Gasteiger partial charge in [-0.15, -0.1) is 11.3 Å². The molecule has 2 saturated heterocycles. The van der Waals surface area contributed by atoms with E-state index in [1.807, 2.05) is 29.2 Å². The minimum Gasteiger partial charge on any atom is -0.378 e. The highest BCUT2D eigenvalue weighted by molar-refractivity contribution is 7.88. The molecule has 2 amide bonds. The molecule has 4 aromatic rings. The number of sulfonamides is 1. The van der Waals surface area contributed by atoms with Crippen LogP contribution in [0, 0.1) is 0 Å². The van der Waals surface area contributed by atoms with Crippen molar-refractivity contribution < 1.29 is 22.7 Å². The lowest BCUT2D eigenvalue weighted by molar-refractivity contribution is -0.128. The van der Waals surface area contributed by atoms with E-state index < -0.39 is 16.1 Å². The van der Waals surface area contributed by atoms with Crippen molar-refractivity contribution in [3.63, 3.8) is 0 Å². The highest BCUT2D eigenvalue weighted by atomic mass is 32.2. The van der Waals surface area contributed by atoms with Gasteiger partial charge < -0.3 is 20.3 Å². The third-order valence-electron chi connectivity index (χ3n) is 7.93. The number of piperazine rings is 1. The van der Waals surface area contributed by atoms with Gasteiger partial charge in [-0.05, 0) is 18.2 Å². The van der Waals surface area contributed by atoms with Crippen LogP contribution in [-0.4, -0.2) is 121 Å². The Morgan fingerprint density at radius 2 is 1.96 bits per heavy atom. The lowest BCUT2D eigenvalue weighted by Gasteiger charge is -2.39. The van der Waals surface area contributed by atoms with Crippen LogP contribution >= 0.6 is 11.3 Å². The summed E-state index contributed by atoms with van der Waals surface area (Å²) in [6.45, 7) is 7.60. The zero-order valence-electron chi connectivity index (χ0n) is 24.9. The van der Waals surface area contributed by atoms with Gasteiger partial charge in [-0.2, -0.15) is 9.40 Å². The van der Waals surface area contributed by atoms with E-state index in [2.05, 4.69) is 32.3 Å². The molecule has 238 valence electrons. The molecule has 0 aliphatic carbocycles. The van der Waals surface area contributed by atoms with Crippen LogP contribution in [0.4, 0.5) is 5.82 Å². The first-order valence-corrected chi connectivity index (χ1v) is 17.3. The Labute approximate surface area is 264 Å². The number of nitrogens with one attached hydrogen (secondary N) is 3. The third-order valence-corrected chi connectivity index (χ3v) is 10.3. The lowest BCUT2D eigenvalue weighted by atomic mass is 10.1. The summed E-state index contributed by atoms with van der Waals surface area (Å²) in [5.74, 6) is 0.804. The minimum atomic E-state index is -3.49. The number of carbonyl (C=O) groups is 2. The Kier molecular flexibility index (Phi) is 9.09. The van der Waals surface area contributed by atoms with Crippen LogP contribution in [0.2, 0.25) is 0 Å².